The van der Waals surface area contributed by atoms with Gasteiger partial charge in [-0.2, -0.15) is 0 Å². The summed E-state index contributed by atoms with van der Waals surface area (Å²) in [4.78, 5) is 10.1. The highest BCUT2D eigenvalue weighted by molar-refractivity contribution is 5.65. The monoisotopic (exact) mass is 1390 g/mol. The average molecular weight is 1390 g/mol. The smallest absolute Gasteiger partial charge is 0.166 e. The molecule has 4 aromatic carbocycles. The molecule has 16 nitrogen and oxygen atoms in total. The van der Waals surface area contributed by atoms with Gasteiger partial charge in [0, 0.05) is 91.0 Å². The number of likely N-dealkylation sites (N-methyl/N-ethyl adjacent to an activating group) is 4. The zero-order valence-electron chi connectivity index (χ0n) is 63.3. The lowest BCUT2D eigenvalue weighted by molar-refractivity contribution is -0.118. The van der Waals surface area contributed by atoms with Gasteiger partial charge in [-0.15, -0.1) is 0 Å². The summed E-state index contributed by atoms with van der Waals surface area (Å²) >= 11 is 0. The number of likely N-dealkylation sites (tertiary alicyclic amines) is 4. The van der Waals surface area contributed by atoms with Crippen molar-refractivity contribution in [1.29, 1.82) is 0 Å². The third-order valence-corrected chi connectivity index (χ3v) is 27.1. The van der Waals surface area contributed by atoms with Crippen LogP contribution in [0.1, 0.15) is 177 Å². The molecule has 0 amide bonds. The largest absolute Gasteiger partial charge is 0.504 e. The fraction of sp³-hybridized carbons (Fsp3) is 0.628. The number of aliphatic hydroxyl groups excluding tert-OH is 2. The fourth-order valence-electron chi connectivity index (χ4n) is 23.4. The fourth-order valence-corrected chi connectivity index (χ4v) is 23.4. The first-order valence-electron chi connectivity index (χ1n) is 38.5. The van der Waals surface area contributed by atoms with Crippen molar-refractivity contribution in [2.45, 2.75) is 265 Å². The summed E-state index contributed by atoms with van der Waals surface area (Å²) < 4.78 is 51.7. The summed E-state index contributed by atoms with van der Waals surface area (Å²) in [6.07, 6.45) is 23.9. The molecule has 0 saturated carbocycles. The molecular weight excluding hydrogens is 1280 g/mol. The van der Waals surface area contributed by atoms with Gasteiger partial charge in [-0.1, -0.05) is 60.7 Å². The molecule has 16 heteroatoms. The van der Waals surface area contributed by atoms with Gasteiger partial charge in [-0.3, -0.25) is 0 Å². The molecule has 4 N–H and O–H groups in total. The van der Waals surface area contributed by atoms with Crippen LogP contribution in [0.2, 0.25) is 0 Å². The summed E-state index contributed by atoms with van der Waals surface area (Å²) in [6, 6.07) is 18.4. The Labute approximate surface area is 605 Å². The second kappa shape index (κ2) is 23.7. The van der Waals surface area contributed by atoms with Crippen LogP contribution in [0.25, 0.3) is 0 Å². The molecule has 4 saturated heterocycles. The number of ether oxygens (including phenoxy) is 8. The van der Waals surface area contributed by atoms with Gasteiger partial charge in [0.1, 0.15) is 58.6 Å². The van der Waals surface area contributed by atoms with Crippen LogP contribution in [0.4, 0.5) is 0 Å². The Hall–Kier alpha value is -6.08. The van der Waals surface area contributed by atoms with Gasteiger partial charge in [0.15, 0.2) is 35.2 Å². The number of aliphatic hydroxyl groups is 2. The van der Waals surface area contributed by atoms with Gasteiger partial charge in [-0.05, 0) is 260 Å². The van der Waals surface area contributed by atoms with Crippen molar-refractivity contribution < 1.29 is 58.3 Å². The Morgan fingerprint density at radius 2 is 0.745 bits per heavy atom. The third-order valence-electron chi connectivity index (χ3n) is 27.1. The Bertz CT molecular complexity index is 4140. The molecule has 102 heavy (non-hydrogen) atoms. The first-order valence-corrected chi connectivity index (χ1v) is 38.5. The van der Waals surface area contributed by atoms with Gasteiger partial charge >= 0.3 is 0 Å². The lowest BCUT2D eigenvalue weighted by Gasteiger charge is -2.57. The first-order chi connectivity index (χ1) is 48.3. The molecule has 8 aliphatic carbocycles. The van der Waals surface area contributed by atoms with Crippen molar-refractivity contribution in [2.75, 3.05) is 54.4 Å². The molecule has 8 heterocycles. The minimum Gasteiger partial charge on any atom is -0.504 e. The number of allylic oxidation sites excluding steroid dienone is 2. The standard InChI is InChI=1S/2C22H29NO3.2C21H27NO3/c2*1-21(2,3)26-17-8-7-15-16-11-13-5-6-14(12-24)19-18(13)22(15,20(17)25-19)9-10-23(16)4;2*1-20(2,3)25-16-8-6-13-14-11-12-5-7-15(23)18-17(12)21(13,19(16)24-18)9-10-22(14)4/h5-6,8,15-16,20,24H,7,9-12H2,1-4H3;5-8,15-17,20,24H,9-12H2,1-4H3;5,7-8,13-14,19,23H,6,9-11H2,1-4H3;5-8,13-14,16,19,23H,9-11H2,1-4H3/t15-,16+,20?,22?;15-,16+,17-,20?,22?;13-,14+,19?,21?;13-,14+,16-,19?,21?/m0000/s1. The second-order valence-corrected chi connectivity index (χ2v) is 37.2. The van der Waals surface area contributed by atoms with E-state index >= 15 is 0 Å². The van der Waals surface area contributed by atoms with Crippen LogP contribution in [0.5, 0.6) is 34.5 Å². The quantitative estimate of drug-likeness (QED) is 0.135. The molecule has 18 atom stereocenters. The minimum atomic E-state index is -0.252. The molecule has 4 spiro atoms. The first kappa shape index (κ1) is 69.0. The van der Waals surface area contributed by atoms with Crippen molar-refractivity contribution in [3.05, 3.63) is 152 Å². The van der Waals surface area contributed by atoms with E-state index in [1.165, 1.54) is 44.5 Å². The van der Waals surface area contributed by atoms with E-state index in [2.05, 4.69) is 192 Å². The van der Waals surface area contributed by atoms with E-state index in [1.807, 2.05) is 12.1 Å². The maximum atomic E-state index is 10.5. The average Bonchev–Trinajstić information content (AvgIpc) is 1.50. The lowest BCUT2D eigenvalue weighted by atomic mass is 9.53. The Morgan fingerprint density at radius 1 is 0.412 bits per heavy atom. The van der Waals surface area contributed by atoms with Crippen LogP contribution in [0.15, 0.2) is 96.5 Å². The van der Waals surface area contributed by atoms with E-state index in [4.69, 9.17) is 37.9 Å². The lowest BCUT2D eigenvalue weighted by Crippen LogP contribution is -2.65. The van der Waals surface area contributed by atoms with E-state index in [0.717, 1.165) is 125 Å². The number of phenolic OH excluding ortho intramolecular Hbond substituents is 2. The van der Waals surface area contributed by atoms with E-state index in [-0.39, 0.29) is 105 Å². The van der Waals surface area contributed by atoms with Crippen molar-refractivity contribution in [1.82, 2.24) is 19.6 Å². The van der Waals surface area contributed by atoms with Gasteiger partial charge in [-0.25, -0.2) is 0 Å². The Kier molecular flexibility index (Phi) is 16.0. The van der Waals surface area contributed by atoms with Crippen molar-refractivity contribution in [3.8, 4) is 34.5 Å². The molecule has 4 aromatic rings. The van der Waals surface area contributed by atoms with Gasteiger partial charge in [0.2, 0.25) is 0 Å². The highest BCUT2D eigenvalue weighted by Gasteiger charge is 2.69. The summed E-state index contributed by atoms with van der Waals surface area (Å²) in [5.41, 5.74) is 11.5. The van der Waals surface area contributed by atoms with Crippen molar-refractivity contribution >= 4 is 0 Å². The zero-order chi connectivity index (χ0) is 71.7. The molecule has 8 unspecified atom stereocenters. The van der Waals surface area contributed by atoms with E-state index < -0.39 is 0 Å². The Balaban J connectivity index is 0.000000101. The number of benzene rings is 4. The summed E-state index contributed by atoms with van der Waals surface area (Å²) in [5.74, 6) is 7.74. The van der Waals surface area contributed by atoms with Crippen LogP contribution < -0.4 is 18.9 Å². The normalized spacial score (nSPS) is 36.6. The number of aromatic hydroxyl groups is 2. The van der Waals surface area contributed by atoms with Crippen LogP contribution in [-0.4, -0.2) is 178 Å². The number of phenols is 2. The van der Waals surface area contributed by atoms with E-state index in [1.54, 1.807) is 12.1 Å². The maximum Gasteiger partial charge on any atom is 0.166 e. The van der Waals surface area contributed by atoms with Crippen molar-refractivity contribution in [2.24, 2.45) is 23.7 Å². The van der Waals surface area contributed by atoms with Crippen LogP contribution in [0.3, 0.4) is 0 Å². The van der Waals surface area contributed by atoms with Crippen LogP contribution >= 0.6 is 0 Å². The molecule has 16 aliphatic rings. The predicted molar refractivity (Wildman–Crippen MR) is 393 cm³/mol. The number of piperidine rings is 4. The predicted octanol–water partition coefficient (Wildman–Crippen LogP) is 12.4. The number of rotatable bonds is 6. The molecule has 4 fully saturated rings. The zero-order valence-corrected chi connectivity index (χ0v) is 63.3. The number of hydrogen-bond acceptors (Lipinski definition) is 16. The topological polar surface area (TPSA) is 168 Å². The second-order valence-electron chi connectivity index (χ2n) is 37.2. The van der Waals surface area contributed by atoms with Crippen LogP contribution in [-0.2, 0) is 79.5 Å². The van der Waals surface area contributed by atoms with Gasteiger partial charge in [0.05, 0.1) is 24.4 Å². The molecular formula is C86H112N4O12. The maximum absolute atomic E-state index is 10.5. The van der Waals surface area contributed by atoms with Crippen LogP contribution in [0, 0.1) is 23.7 Å². The third kappa shape index (κ3) is 10.2. The summed E-state index contributed by atoms with van der Waals surface area (Å²) in [6.45, 7) is 29.5. The van der Waals surface area contributed by atoms with Crippen molar-refractivity contribution in [3.63, 3.8) is 0 Å². The highest BCUT2D eigenvalue weighted by atomic mass is 16.6. The summed E-state index contributed by atoms with van der Waals surface area (Å²) in [7, 11) is 9.00. The van der Waals surface area contributed by atoms with E-state index in [9.17, 15) is 20.4 Å². The minimum absolute atomic E-state index is 0.000602. The Morgan fingerprint density at radius 3 is 1.16 bits per heavy atom. The molecule has 548 valence electrons. The van der Waals surface area contributed by atoms with Gasteiger partial charge < -0.3 is 77.9 Å². The number of nitrogens with zero attached hydrogens (tertiary/aromatic N) is 4. The molecule has 0 aromatic heterocycles. The SMILES string of the molecule is CN1CCC23c4c5ccc(CO)c4OC2C(OC(C)(C)C)=CC[C@H]3[C@H]1C5.CN1CCC23c4c5ccc(CO)c4OC2[C@@H](OC(C)(C)C)C=C[C@H]3[C@H]1C5.CN1CCC23c4c5ccc(O)c4OC2C(OC(C)(C)C)=CC[C@H]3[C@H]1C5.CN1CCC23c4c5ccc(O)c4OC2[C@@H](OC(C)(C)C)C=C[C@H]3[C@H]1C5. The molecule has 8 bridgehead atoms. The summed E-state index contributed by atoms with van der Waals surface area (Å²) in [5, 5.41) is 40.7. The number of hydrogen-bond donors (Lipinski definition) is 4. The molecule has 0 radical (unpaired) electrons. The highest BCUT2D eigenvalue weighted by Crippen LogP contribution is 2.68. The molecule has 20 rings (SSSR count). The molecule has 8 aliphatic heterocycles. The van der Waals surface area contributed by atoms with Gasteiger partial charge in [0.25, 0.3) is 0 Å². The van der Waals surface area contributed by atoms with E-state index in [0.29, 0.717) is 59.3 Å².